The Balaban J connectivity index is 1.90. The van der Waals surface area contributed by atoms with E-state index in [2.05, 4.69) is 15.5 Å². The van der Waals surface area contributed by atoms with Crippen molar-refractivity contribution in [1.82, 2.24) is 15.5 Å². The van der Waals surface area contributed by atoms with Crippen molar-refractivity contribution in [1.29, 1.82) is 0 Å². The van der Waals surface area contributed by atoms with Crippen LogP contribution in [0.5, 0.6) is 5.75 Å². The van der Waals surface area contributed by atoms with Crippen molar-refractivity contribution < 1.29 is 14.6 Å². The number of hydrogen-bond acceptors (Lipinski definition) is 4. The Hall–Kier alpha value is -2.34. The van der Waals surface area contributed by atoms with Gasteiger partial charge in [-0.25, -0.2) is 0 Å². The first kappa shape index (κ1) is 16.0. The molecule has 3 N–H and O–H groups in total. The molecule has 6 nitrogen and oxygen atoms in total. The fourth-order valence-electron chi connectivity index (χ4n) is 2.02. The molecule has 1 unspecified atom stereocenters. The summed E-state index contributed by atoms with van der Waals surface area (Å²) in [5.41, 5.74) is 1.90. The zero-order chi connectivity index (χ0) is 16.1. The summed E-state index contributed by atoms with van der Waals surface area (Å²) >= 11 is 0. The molecule has 0 aliphatic carbocycles. The first-order valence-corrected chi connectivity index (χ1v) is 7.20. The molecule has 0 bridgehead atoms. The van der Waals surface area contributed by atoms with Crippen molar-refractivity contribution in [2.45, 2.75) is 33.0 Å². The van der Waals surface area contributed by atoms with Gasteiger partial charge >= 0.3 is 0 Å². The van der Waals surface area contributed by atoms with Crippen LogP contribution in [0.3, 0.4) is 0 Å². The molecule has 2 rings (SSSR count). The number of aromatic amines is 1. The van der Waals surface area contributed by atoms with E-state index in [1.807, 2.05) is 13.8 Å². The van der Waals surface area contributed by atoms with Crippen LogP contribution >= 0.6 is 0 Å². The average Bonchev–Trinajstić information content (AvgIpc) is 2.91. The Kier molecular flexibility index (Phi) is 5.16. The first-order chi connectivity index (χ1) is 10.5. The topological polar surface area (TPSA) is 87.2 Å². The van der Waals surface area contributed by atoms with Crippen LogP contribution in [0.2, 0.25) is 0 Å². The normalized spacial score (nSPS) is 12.2. The number of amides is 1. The molecule has 0 saturated heterocycles. The van der Waals surface area contributed by atoms with Crippen molar-refractivity contribution in [3.05, 3.63) is 47.3 Å². The zero-order valence-corrected chi connectivity index (χ0v) is 13.0. The van der Waals surface area contributed by atoms with E-state index in [4.69, 9.17) is 4.74 Å². The predicted octanol–water partition coefficient (Wildman–Crippen LogP) is 1.97. The van der Waals surface area contributed by atoms with Gasteiger partial charge in [0.25, 0.3) is 5.91 Å². The van der Waals surface area contributed by atoms with Crippen LogP contribution in [0, 0.1) is 6.92 Å². The van der Waals surface area contributed by atoms with E-state index in [1.54, 1.807) is 31.2 Å². The number of ether oxygens (including phenoxy) is 1. The Morgan fingerprint density at radius 2 is 2.05 bits per heavy atom. The highest BCUT2D eigenvalue weighted by atomic mass is 16.5. The minimum Gasteiger partial charge on any atom is -0.491 e. The molecule has 22 heavy (non-hydrogen) atoms. The van der Waals surface area contributed by atoms with Gasteiger partial charge in [0.15, 0.2) is 0 Å². The first-order valence-electron chi connectivity index (χ1n) is 7.20. The number of hydrogen-bond donors (Lipinski definition) is 3. The van der Waals surface area contributed by atoms with E-state index in [0.29, 0.717) is 11.3 Å². The average molecular weight is 303 g/mol. The number of benzene rings is 1. The molecular formula is C16H21N3O3. The fraction of sp³-hybridized carbons (Fsp3) is 0.375. The van der Waals surface area contributed by atoms with Crippen LogP contribution in [0.1, 0.15) is 41.6 Å². The molecule has 1 aromatic carbocycles. The summed E-state index contributed by atoms with van der Waals surface area (Å²) in [6.45, 7) is 5.81. The molecule has 0 spiro atoms. The van der Waals surface area contributed by atoms with Gasteiger partial charge in [0, 0.05) is 12.2 Å². The molecule has 1 atom stereocenters. The lowest BCUT2D eigenvalue weighted by molar-refractivity contribution is 0.0915. The molecule has 6 heteroatoms. The molecule has 0 radical (unpaired) electrons. The quantitative estimate of drug-likeness (QED) is 0.761. The maximum atomic E-state index is 11.9. The molecule has 1 aromatic heterocycles. The number of carbonyl (C=O) groups excluding carboxylic acids is 1. The van der Waals surface area contributed by atoms with Crippen LogP contribution in [0.15, 0.2) is 30.5 Å². The van der Waals surface area contributed by atoms with Crippen LogP contribution < -0.4 is 10.1 Å². The van der Waals surface area contributed by atoms with Gasteiger partial charge in [-0.15, -0.1) is 0 Å². The van der Waals surface area contributed by atoms with Crippen LogP contribution in [-0.4, -0.2) is 33.9 Å². The van der Waals surface area contributed by atoms with Crippen LogP contribution in [-0.2, 0) is 0 Å². The number of aryl methyl sites for hydroxylation is 1. The molecule has 0 aliphatic heterocycles. The highest BCUT2D eigenvalue weighted by Gasteiger charge is 2.13. The standard InChI is InChI=1S/C16H21N3O3/c1-10(2)22-13-6-4-12(5-7-13)15(20)9-17-16(21)14-8-18-19-11(14)3/h4-8,10,15,20H,9H2,1-3H3,(H,17,21)(H,18,19). The van der Waals surface area contributed by atoms with E-state index in [-0.39, 0.29) is 18.6 Å². The minimum absolute atomic E-state index is 0.105. The number of aliphatic hydroxyl groups excluding tert-OH is 1. The lowest BCUT2D eigenvalue weighted by Crippen LogP contribution is -2.28. The number of aromatic nitrogens is 2. The Labute approximate surface area is 129 Å². The number of aliphatic hydroxyl groups is 1. The Bertz CT molecular complexity index is 620. The Morgan fingerprint density at radius 1 is 1.36 bits per heavy atom. The van der Waals surface area contributed by atoms with Gasteiger partial charge in [0.1, 0.15) is 5.75 Å². The van der Waals surface area contributed by atoms with Crippen molar-refractivity contribution in [3.8, 4) is 5.75 Å². The second-order valence-electron chi connectivity index (χ2n) is 5.37. The predicted molar refractivity (Wildman–Crippen MR) is 82.8 cm³/mol. The third-order valence-electron chi connectivity index (χ3n) is 3.17. The molecule has 0 fully saturated rings. The van der Waals surface area contributed by atoms with Gasteiger partial charge in [-0.2, -0.15) is 5.10 Å². The molecular weight excluding hydrogens is 282 g/mol. The maximum Gasteiger partial charge on any atom is 0.254 e. The zero-order valence-electron chi connectivity index (χ0n) is 13.0. The summed E-state index contributed by atoms with van der Waals surface area (Å²) in [6.07, 6.45) is 0.798. The molecule has 0 aliphatic rings. The van der Waals surface area contributed by atoms with Gasteiger partial charge in [0.05, 0.1) is 24.0 Å². The highest BCUT2D eigenvalue weighted by Crippen LogP contribution is 2.18. The molecule has 1 heterocycles. The van der Waals surface area contributed by atoms with Crippen molar-refractivity contribution in [2.75, 3.05) is 6.54 Å². The van der Waals surface area contributed by atoms with Gasteiger partial charge in [-0.1, -0.05) is 12.1 Å². The fourth-order valence-corrected chi connectivity index (χ4v) is 2.02. The van der Waals surface area contributed by atoms with E-state index >= 15 is 0 Å². The summed E-state index contributed by atoms with van der Waals surface area (Å²) in [5.74, 6) is 0.495. The number of rotatable bonds is 6. The maximum absolute atomic E-state index is 11.9. The largest absolute Gasteiger partial charge is 0.491 e. The molecule has 1 amide bonds. The summed E-state index contributed by atoms with van der Waals surface area (Å²) in [7, 11) is 0. The number of carbonyl (C=O) groups is 1. The molecule has 0 saturated carbocycles. The smallest absolute Gasteiger partial charge is 0.254 e. The van der Waals surface area contributed by atoms with Gasteiger partial charge < -0.3 is 15.2 Å². The summed E-state index contributed by atoms with van der Waals surface area (Å²) in [5, 5.41) is 19.3. The van der Waals surface area contributed by atoms with E-state index in [0.717, 1.165) is 11.3 Å². The van der Waals surface area contributed by atoms with Crippen LogP contribution in [0.4, 0.5) is 0 Å². The van der Waals surface area contributed by atoms with Crippen molar-refractivity contribution in [3.63, 3.8) is 0 Å². The molecule has 2 aromatic rings. The number of nitrogens with one attached hydrogen (secondary N) is 2. The Morgan fingerprint density at radius 3 is 2.59 bits per heavy atom. The summed E-state index contributed by atoms with van der Waals surface area (Å²) < 4.78 is 5.55. The summed E-state index contributed by atoms with van der Waals surface area (Å²) in [4.78, 5) is 11.9. The minimum atomic E-state index is -0.774. The third-order valence-corrected chi connectivity index (χ3v) is 3.17. The number of H-pyrrole nitrogens is 1. The lowest BCUT2D eigenvalue weighted by Gasteiger charge is -2.14. The monoisotopic (exact) mass is 303 g/mol. The van der Waals surface area contributed by atoms with E-state index in [1.165, 1.54) is 6.20 Å². The van der Waals surface area contributed by atoms with Gasteiger partial charge in [-0.05, 0) is 38.5 Å². The second kappa shape index (κ2) is 7.09. The second-order valence-corrected chi connectivity index (χ2v) is 5.37. The van der Waals surface area contributed by atoms with Crippen molar-refractivity contribution in [2.24, 2.45) is 0 Å². The van der Waals surface area contributed by atoms with E-state index in [9.17, 15) is 9.90 Å². The third kappa shape index (κ3) is 4.08. The van der Waals surface area contributed by atoms with E-state index < -0.39 is 6.10 Å². The summed E-state index contributed by atoms with van der Waals surface area (Å²) in [6, 6.07) is 7.19. The van der Waals surface area contributed by atoms with Crippen LogP contribution in [0.25, 0.3) is 0 Å². The lowest BCUT2D eigenvalue weighted by atomic mass is 10.1. The SMILES string of the molecule is Cc1[nH]ncc1C(=O)NCC(O)c1ccc(OC(C)C)cc1. The number of nitrogens with zero attached hydrogens (tertiary/aromatic N) is 1. The van der Waals surface area contributed by atoms with Crippen molar-refractivity contribution >= 4 is 5.91 Å². The van der Waals surface area contributed by atoms with Gasteiger partial charge in [0.2, 0.25) is 0 Å². The highest BCUT2D eigenvalue weighted by molar-refractivity contribution is 5.94. The van der Waals surface area contributed by atoms with Gasteiger partial charge in [-0.3, -0.25) is 9.89 Å². The molecule has 118 valence electrons.